The Bertz CT molecular complexity index is 1760. The van der Waals surface area contributed by atoms with E-state index in [1.165, 1.54) is 12.1 Å². The topological polar surface area (TPSA) is 38.7 Å². The number of hydrogen-bond acceptors (Lipinski definition) is 3. The van der Waals surface area contributed by atoms with Crippen LogP contribution in [0.2, 0.25) is 0 Å². The largest absolute Gasteiger partial charge is 0.299 e. The van der Waals surface area contributed by atoms with Crippen LogP contribution < -0.4 is 0 Å². The number of hydrogen-bond donors (Lipinski definition) is 0. The van der Waals surface area contributed by atoms with Gasteiger partial charge in [0, 0.05) is 40.2 Å². The fraction of sp³-hybridized carbons (Fsp3) is 0.0294. The van der Waals surface area contributed by atoms with Crippen LogP contribution in [0.15, 0.2) is 128 Å². The van der Waals surface area contributed by atoms with Gasteiger partial charge in [-0.15, -0.1) is 0 Å². The summed E-state index contributed by atoms with van der Waals surface area (Å²) in [5.74, 6) is -2.60. The Labute approximate surface area is 224 Å². The zero-order valence-electron chi connectivity index (χ0n) is 20.7. The van der Waals surface area contributed by atoms with Crippen LogP contribution >= 0.6 is 0 Å². The van der Waals surface area contributed by atoms with E-state index >= 15 is 8.78 Å². The summed E-state index contributed by atoms with van der Waals surface area (Å²) in [5.41, 5.74) is 6.94. The van der Waals surface area contributed by atoms with Crippen molar-refractivity contribution in [3.05, 3.63) is 139 Å². The number of rotatable bonds is 4. The van der Waals surface area contributed by atoms with Gasteiger partial charge in [-0.05, 0) is 52.6 Å². The first kappa shape index (κ1) is 23.1. The third-order valence-corrected chi connectivity index (χ3v) is 7.14. The lowest BCUT2D eigenvalue weighted by Crippen LogP contribution is -2.10. The molecule has 0 amide bonds. The van der Waals surface area contributed by atoms with Gasteiger partial charge in [-0.1, -0.05) is 84.9 Å². The lowest BCUT2D eigenvalue weighted by Gasteiger charge is -2.13. The Kier molecular flexibility index (Phi) is 5.37. The molecular formula is C34H21F2N3. The Morgan fingerprint density at radius 2 is 0.974 bits per heavy atom. The van der Waals surface area contributed by atoms with E-state index < -0.39 is 5.92 Å². The molecule has 5 heteroatoms. The van der Waals surface area contributed by atoms with Gasteiger partial charge >= 0.3 is 0 Å². The maximum atomic E-state index is 15.5. The van der Waals surface area contributed by atoms with Gasteiger partial charge in [0.15, 0.2) is 5.82 Å². The molecule has 0 atom stereocenters. The lowest BCUT2D eigenvalue weighted by atomic mass is 9.98. The van der Waals surface area contributed by atoms with Crippen LogP contribution in [0.5, 0.6) is 0 Å². The van der Waals surface area contributed by atoms with Crippen LogP contribution in [0.4, 0.5) is 8.78 Å². The normalized spacial score (nSPS) is 13.1. The minimum absolute atomic E-state index is 0.00405. The van der Waals surface area contributed by atoms with Crippen molar-refractivity contribution in [1.82, 2.24) is 15.0 Å². The smallest absolute Gasteiger partial charge is 0.265 e. The van der Waals surface area contributed by atoms with Gasteiger partial charge in [0.1, 0.15) is 0 Å². The predicted molar refractivity (Wildman–Crippen MR) is 150 cm³/mol. The SMILES string of the molecule is FC1(F)c2ccc(-c3ccncc3)cc2-c2cc(-c3nc(-c4ccccc4)cc(-c4ccccc4)n3)ccc21. The zero-order valence-corrected chi connectivity index (χ0v) is 20.7. The number of nitrogens with zero attached hydrogens (tertiary/aromatic N) is 3. The summed E-state index contributed by atoms with van der Waals surface area (Å²) in [4.78, 5) is 13.8. The molecule has 0 radical (unpaired) electrons. The molecule has 2 aromatic heterocycles. The number of benzene rings is 4. The minimum Gasteiger partial charge on any atom is -0.265 e. The standard InChI is InChI=1S/C34H21F2N3/c35-34(36)29-13-11-25(22-15-17-37-18-16-22)19-27(29)28-20-26(12-14-30(28)34)33-38-31(23-7-3-1-4-8-23)21-32(39-33)24-9-5-2-6-10-24/h1-21H. The fourth-order valence-electron chi connectivity index (χ4n) is 5.18. The fourth-order valence-corrected chi connectivity index (χ4v) is 5.18. The maximum absolute atomic E-state index is 15.5. The van der Waals surface area contributed by atoms with Crippen molar-refractivity contribution in [3.8, 4) is 56.2 Å². The highest BCUT2D eigenvalue weighted by Gasteiger charge is 2.44. The Morgan fingerprint density at radius 3 is 1.54 bits per heavy atom. The van der Waals surface area contributed by atoms with E-state index in [4.69, 9.17) is 9.97 Å². The molecule has 7 rings (SSSR count). The first-order chi connectivity index (χ1) is 19.1. The van der Waals surface area contributed by atoms with Crippen LogP contribution in [-0.2, 0) is 5.92 Å². The van der Waals surface area contributed by atoms with Crippen molar-refractivity contribution in [2.24, 2.45) is 0 Å². The van der Waals surface area contributed by atoms with Gasteiger partial charge in [0.05, 0.1) is 11.4 Å². The van der Waals surface area contributed by atoms with E-state index in [1.807, 2.05) is 84.9 Å². The molecule has 1 aliphatic rings. The molecule has 0 N–H and O–H groups in total. The Hall–Kier alpha value is -5.03. The first-order valence-corrected chi connectivity index (χ1v) is 12.7. The third-order valence-electron chi connectivity index (χ3n) is 7.14. The second-order valence-electron chi connectivity index (χ2n) is 9.53. The van der Waals surface area contributed by atoms with E-state index in [0.717, 1.165) is 33.6 Å². The molecule has 6 aromatic rings. The van der Waals surface area contributed by atoms with Crippen molar-refractivity contribution in [2.75, 3.05) is 0 Å². The summed E-state index contributed by atoms with van der Waals surface area (Å²) in [6.07, 6.45) is 3.40. The summed E-state index contributed by atoms with van der Waals surface area (Å²) in [5, 5.41) is 0. The molecular weight excluding hydrogens is 488 g/mol. The van der Waals surface area contributed by atoms with Crippen LogP contribution in [0, 0.1) is 0 Å². The monoisotopic (exact) mass is 509 g/mol. The second-order valence-corrected chi connectivity index (χ2v) is 9.53. The number of halogens is 2. The third kappa shape index (κ3) is 3.99. The summed E-state index contributed by atoms with van der Waals surface area (Å²) in [7, 11) is 0. The van der Waals surface area contributed by atoms with Gasteiger partial charge in [0.25, 0.3) is 5.92 Å². The summed E-state index contributed by atoms with van der Waals surface area (Å²) < 4.78 is 31.1. The van der Waals surface area contributed by atoms with Crippen LogP contribution in [0.25, 0.3) is 56.2 Å². The van der Waals surface area contributed by atoms with Crippen LogP contribution in [-0.4, -0.2) is 15.0 Å². The van der Waals surface area contributed by atoms with Gasteiger partial charge in [0.2, 0.25) is 0 Å². The van der Waals surface area contributed by atoms with Gasteiger partial charge in [-0.2, -0.15) is 8.78 Å². The number of pyridine rings is 1. The highest BCUT2D eigenvalue weighted by Crippen LogP contribution is 2.52. The summed E-state index contributed by atoms with van der Waals surface area (Å²) >= 11 is 0. The maximum Gasteiger partial charge on any atom is 0.299 e. The molecule has 39 heavy (non-hydrogen) atoms. The van der Waals surface area contributed by atoms with Crippen molar-refractivity contribution >= 4 is 0 Å². The Morgan fingerprint density at radius 1 is 0.462 bits per heavy atom. The van der Waals surface area contributed by atoms with E-state index in [1.54, 1.807) is 30.6 Å². The summed E-state index contributed by atoms with van der Waals surface area (Å²) in [6, 6.07) is 35.6. The Balaban J connectivity index is 1.40. The highest BCUT2D eigenvalue weighted by atomic mass is 19.3. The summed E-state index contributed by atoms with van der Waals surface area (Å²) in [6.45, 7) is 0. The molecule has 0 saturated carbocycles. The van der Waals surface area contributed by atoms with Crippen LogP contribution in [0.3, 0.4) is 0 Å². The van der Waals surface area contributed by atoms with Crippen molar-refractivity contribution in [3.63, 3.8) is 0 Å². The van der Waals surface area contributed by atoms with E-state index in [-0.39, 0.29) is 11.1 Å². The molecule has 2 heterocycles. The van der Waals surface area contributed by atoms with Crippen molar-refractivity contribution in [1.29, 1.82) is 0 Å². The van der Waals surface area contributed by atoms with E-state index in [9.17, 15) is 0 Å². The molecule has 1 aliphatic carbocycles. The van der Waals surface area contributed by atoms with E-state index in [0.29, 0.717) is 22.5 Å². The minimum atomic E-state index is -3.08. The molecule has 0 saturated heterocycles. The number of aromatic nitrogens is 3. The molecule has 3 nitrogen and oxygen atoms in total. The van der Waals surface area contributed by atoms with Crippen LogP contribution in [0.1, 0.15) is 11.1 Å². The van der Waals surface area contributed by atoms with Crippen molar-refractivity contribution < 1.29 is 8.78 Å². The molecule has 0 bridgehead atoms. The van der Waals surface area contributed by atoms with E-state index in [2.05, 4.69) is 4.98 Å². The quantitative estimate of drug-likeness (QED) is 0.239. The average Bonchev–Trinajstić information content (AvgIpc) is 3.23. The molecule has 0 spiro atoms. The van der Waals surface area contributed by atoms with Crippen molar-refractivity contribution in [2.45, 2.75) is 5.92 Å². The van der Waals surface area contributed by atoms with Gasteiger partial charge in [-0.25, -0.2) is 9.97 Å². The number of fused-ring (bicyclic) bond motifs is 3. The van der Waals surface area contributed by atoms with Gasteiger partial charge < -0.3 is 0 Å². The first-order valence-electron chi connectivity index (χ1n) is 12.7. The second kappa shape index (κ2) is 9.07. The zero-order chi connectivity index (χ0) is 26.4. The average molecular weight is 510 g/mol. The van der Waals surface area contributed by atoms with Gasteiger partial charge in [-0.3, -0.25) is 4.98 Å². The number of alkyl halides is 2. The molecule has 186 valence electrons. The predicted octanol–water partition coefficient (Wildman–Crippen LogP) is 8.66. The highest BCUT2D eigenvalue weighted by molar-refractivity contribution is 5.86. The molecule has 0 fully saturated rings. The molecule has 0 aliphatic heterocycles. The molecule has 4 aromatic carbocycles. The molecule has 0 unspecified atom stereocenters. The lowest BCUT2D eigenvalue weighted by molar-refractivity contribution is 0.0480.